The summed E-state index contributed by atoms with van der Waals surface area (Å²) in [5.41, 5.74) is 1.85. The number of phenolic OH excluding ortho intramolecular Hbond substituents is 1. The van der Waals surface area contributed by atoms with Crippen molar-refractivity contribution in [1.29, 1.82) is 0 Å². The Morgan fingerprint density at radius 3 is 2.27 bits per heavy atom. The molecule has 0 aromatic heterocycles. The van der Waals surface area contributed by atoms with Crippen LogP contribution in [0.1, 0.15) is 56.1 Å². The van der Waals surface area contributed by atoms with E-state index in [9.17, 15) is 18.3 Å². The molecule has 33 heavy (non-hydrogen) atoms. The zero-order chi connectivity index (χ0) is 23.4. The second-order valence-electron chi connectivity index (χ2n) is 8.82. The van der Waals surface area contributed by atoms with Crippen LogP contribution in [0.4, 0.5) is 13.2 Å². The highest BCUT2D eigenvalue weighted by molar-refractivity contribution is 5.65. The van der Waals surface area contributed by atoms with E-state index in [4.69, 9.17) is 4.74 Å². The molecule has 3 aromatic rings. The zero-order valence-corrected chi connectivity index (χ0v) is 18.8. The third-order valence-electron chi connectivity index (χ3n) is 6.73. The molecule has 2 nitrogen and oxygen atoms in total. The zero-order valence-electron chi connectivity index (χ0n) is 18.8. The first kappa shape index (κ1) is 23.2. The molecule has 1 aliphatic rings. The van der Waals surface area contributed by atoms with Crippen LogP contribution in [-0.4, -0.2) is 11.7 Å². The van der Waals surface area contributed by atoms with Crippen LogP contribution < -0.4 is 4.74 Å². The van der Waals surface area contributed by atoms with Crippen LogP contribution in [0, 0.1) is 23.4 Å². The van der Waals surface area contributed by atoms with Gasteiger partial charge in [-0.2, -0.15) is 0 Å². The van der Waals surface area contributed by atoms with E-state index in [2.05, 4.69) is 0 Å². The van der Waals surface area contributed by atoms with E-state index in [1.54, 1.807) is 36.4 Å². The van der Waals surface area contributed by atoms with Gasteiger partial charge in [-0.25, -0.2) is 13.2 Å². The average molecular weight is 455 g/mol. The van der Waals surface area contributed by atoms with Crippen LogP contribution in [0.25, 0.3) is 11.1 Å². The normalized spacial score (nSPS) is 18.3. The van der Waals surface area contributed by atoms with E-state index < -0.39 is 11.6 Å². The van der Waals surface area contributed by atoms with Crippen molar-refractivity contribution in [2.75, 3.05) is 6.61 Å². The topological polar surface area (TPSA) is 29.5 Å². The monoisotopic (exact) mass is 454 g/mol. The molecule has 1 fully saturated rings. The van der Waals surface area contributed by atoms with Gasteiger partial charge in [-0.3, -0.25) is 0 Å². The van der Waals surface area contributed by atoms with Gasteiger partial charge >= 0.3 is 0 Å². The lowest BCUT2D eigenvalue weighted by atomic mass is 9.76. The summed E-state index contributed by atoms with van der Waals surface area (Å²) in [6.07, 6.45) is 4.98. The highest BCUT2D eigenvalue weighted by atomic mass is 19.2. The Bertz CT molecular complexity index is 1090. The lowest BCUT2D eigenvalue weighted by molar-refractivity contribution is 0.304. The summed E-state index contributed by atoms with van der Waals surface area (Å²) in [6, 6.07) is 14.4. The summed E-state index contributed by atoms with van der Waals surface area (Å²) < 4.78 is 49.4. The predicted octanol–water partition coefficient (Wildman–Crippen LogP) is 7.78. The van der Waals surface area contributed by atoms with E-state index in [1.807, 2.05) is 6.92 Å². The molecule has 174 valence electrons. The van der Waals surface area contributed by atoms with Gasteiger partial charge in [0, 0.05) is 11.6 Å². The Labute approximate surface area is 193 Å². The molecule has 0 heterocycles. The third kappa shape index (κ3) is 5.35. The Hall–Kier alpha value is -2.95. The van der Waals surface area contributed by atoms with Crippen molar-refractivity contribution in [3.63, 3.8) is 0 Å². The molecule has 0 saturated heterocycles. The minimum atomic E-state index is -0.841. The molecule has 0 amide bonds. The first-order chi connectivity index (χ1) is 16.0. The summed E-state index contributed by atoms with van der Waals surface area (Å²) in [5, 5.41) is 9.42. The number of ether oxygens (including phenoxy) is 1. The highest BCUT2D eigenvalue weighted by Crippen LogP contribution is 2.40. The van der Waals surface area contributed by atoms with Gasteiger partial charge in [0.05, 0.1) is 6.61 Å². The lowest BCUT2D eigenvalue weighted by Crippen LogP contribution is -2.15. The minimum Gasteiger partial charge on any atom is -0.508 e. The van der Waals surface area contributed by atoms with Crippen LogP contribution in [-0.2, 0) is 6.42 Å². The maximum atomic E-state index is 14.9. The predicted molar refractivity (Wildman–Crippen MR) is 124 cm³/mol. The molecule has 0 atom stereocenters. The highest BCUT2D eigenvalue weighted by Gasteiger charge is 2.26. The fourth-order valence-electron chi connectivity index (χ4n) is 4.85. The molecular weight excluding hydrogens is 425 g/mol. The molecule has 0 unspecified atom stereocenters. The fourth-order valence-corrected chi connectivity index (χ4v) is 4.85. The van der Waals surface area contributed by atoms with Gasteiger partial charge in [0.2, 0.25) is 0 Å². The molecule has 3 aromatic carbocycles. The molecule has 1 aliphatic carbocycles. The number of phenols is 1. The Morgan fingerprint density at radius 1 is 0.879 bits per heavy atom. The molecule has 0 radical (unpaired) electrons. The summed E-state index contributed by atoms with van der Waals surface area (Å²) >= 11 is 0. The lowest BCUT2D eigenvalue weighted by Gasteiger charge is -2.29. The first-order valence-corrected chi connectivity index (χ1v) is 11.6. The van der Waals surface area contributed by atoms with Gasteiger partial charge < -0.3 is 9.84 Å². The van der Waals surface area contributed by atoms with E-state index in [1.165, 1.54) is 18.2 Å². The van der Waals surface area contributed by atoms with Crippen LogP contribution in [0.3, 0.4) is 0 Å². The molecule has 5 heteroatoms. The van der Waals surface area contributed by atoms with E-state index in [0.29, 0.717) is 41.4 Å². The third-order valence-corrected chi connectivity index (χ3v) is 6.73. The van der Waals surface area contributed by atoms with Gasteiger partial charge in [0.25, 0.3) is 0 Å². The van der Waals surface area contributed by atoms with Crippen LogP contribution in [0.5, 0.6) is 11.5 Å². The summed E-state index contributed by atoms with van der Waals surface area (Å²) in [4.78, 5) is 0. The minimum absolute atomic E-state index is 0.00756. The summed E-state index contributed by atoms with van der Waals surface area (Å²) in [7, 11) is 0. The Kier molecular flexibility index (Phi) is 7.26. The molecule has 0 bridgehead atoms. The molecule has 0 spiro atoms. The van der Waals surface area contributed by atoms with E-state index in [0.717, 1.165) is 32.1 Å². The van der Waals surface area contributed by atoms with Gasteiger partial charge in [-0.05, 0) is 92.2 Å². The van der Waals surface area contributed by atoms with Crippen LogP contribution in [0.15, 0.2) is 54.6 Å². The average Bonchev–Trinajstić information content (AvgIpc) is 2.82. The SMILES string of the molecule is CCOc1ccc(CCC2CCC(c3ccc(-c4ccc(O)cc4)c(F)c3F)CC2)c(F)c1. The van der Waals surface area contributed by atoms with Crippen molar-refractivity contribution in [2.45, 2.75) is 51.4 Å². The van der Waals surface area contributed by atoms with Gasteiger partial charge in [-0.15, -0.1) is 0 Å². The maximum Gasteiger partial charge on any atom is 0.166 e. The van der Waals surface area contributed by atoms with Gasteiger partial charge in [0.15, 0.2) is 11.6 Å². The number of rotatable bonds is 7. The van der Waals surface area contributed by atoms with Gasteiger partial charge in [0.1, 0.15) is 17.3 Å². The van der Waals surface area contributed by atoms with Crippen molar-refractivity contribution in [1.82, 2.24) is 0 Å². The Morgan fingerprint density at radius 2 is 1.61 bits per heavy atom. The van der Waals surface area contributed by atoms with Crippen molar-refractivity contribution in [3.8, 4) is 22.6 Å². The molecular formula is C28H29F3O2. The number of aromatic hydroxyl groups is 1. The van der Waals surface area contributed by atoms with Gasteiger partial charge in [-0.1, -0.05) is 30.3 Å². The Balaban J connectivity index is 1.36. The number of hydrogen-bond acceptors (Lipinski definition) is 2. The largest absolute Gasteiger partial charge is 0.508 e. The van der Waals surface area contributed by atoms with Crippen molar-refractivity contribution in [2.24, 2.45) is 5.92 Å². The smallest absolute Gasteiger partial charge is 0.166 e. The maximum absolute atomic E-state index is 14.9. The number of halogens is 3. The van der Waals surface area contributed by atoms with E-state index >= 15 is 0 Å². The first-order valence-electron chi connectivity index (χ1n) is 11.6. The van der Waals surface area contributed by atoms with Crippen molar-refractivity contribution < 1.29 is 23.0 Å². The molecule has 4 rings (SSSR count). The second-order valence-corrected chi connectivity index (χ2v) is 8.82. The van der Waals surface area contributed by atoms with E-state index in [-0.39, 0.29) is 23.0 Å². The van der Waals surface area contributed by atoms with Crippen molar-refractivity contribution >= 4 is 0 Å². The molecule has 1 N–H and O–H groups in total. The number of benzene rings is 3. The fraction of sp³-hybridized carbons (Fsp3) is 0.357. The van der Waals surface area contributed by atoms with Crippen LogP contribution in [0.2, 0.25) is 0 Å². The quantitative estimate of drug-likeness (QED) is 0.395. The summed E-state index contributed by atoms with van der Waals surface area (Å²) in [5.74, 6) is -0.779. The standard InChI is InChI=1S/C28H29F3O2/c1-2-33-23-14-11-21(26(29)17-23)8-5-18-3-6-19(7-4-18)24-15-16-25(28(31)27(24)30)20-9-12-22(32)13-10-20/h9-19,32H,2-8H2,1H3. The number of aryl methyl sites for hydroxylation is 1. The van der Waals surface area contributed by atoms with Crippen LogP contribution >= 0.6 is 0 Å². The number of hydrogen-bond donors (Lipinski definition) is 1. The van der Waals surface area contributed by atoms with Crippen molar-refractivity contribution in [3.05, 3.63) is 83.2 Å². The second kappa shape index (κ2) is 10.3. The molecule has 0 aliphatic heterocycles. The summed E-state index contributed by atoms with van der Waals surface area (Å²) in [6.45, 7) is 2.37. The molecule has 1 saturated carbocycles.